The summed E-state index contributed by atoms with van der Waals surface area (Å²) in [5.41, 5.74) is 1.00. The maximum absolute atomic E-state index is 11.5. The van der Waals surface area contributed by atoms with Crippen LogP contribution in [0.25, 0.3) is 0 Å². The molecule has 1 aromatic carbocycles. The number of rotatable bonds is 6. The Labute approximate surface area is 107 Å². The molecule has 0 bridgehead atoms. The lowest BCUT2D eigenvalue weighted by Gasteiger charge is -2.10. The maximum atomic E-state index is 11.5. The summed E-state index contributed by atoms with van der Waals surface area (Å²) in [6.07, 6.45) is 2.45. The highest BCUT2D eigenvalue weighted by atomic mass is 16.5. The van der Waals surface area contributed by atoms with Crippen LogP contribution in [0.2, 0.25) is 0 Å². The van der Waals surface area contributed by atoms with E-state index in [2.05, 4.69) is 5.32 Å². The van der Waals surface area contributed by atoms with E-state index in [0.29, 0.717) is 6.61 Å². The first-order valence-electron chi connectivity index (χ1n) is 6.36. The molecule has 0 aliphatic carbocycles. The summed E-state index contributed by atoms with van der Waals surface area (Å²) >= 11 is 0. The molecule has 18 heavy (non-hydrogen) atoms. The van der Waals surface area contributed by atoms with Crippen molar-refractivity contribution in [2.45, 2.75) is 25.6 Å². The Morgan fingerprint density at radius 1 is 1.39 bits per heavy atom. The molecule has 1 aliphatic heterocycles. The van der Waals surface area contributed by atoms with E-state index in [1.165, 1.54) is 0 Å². The van der Waals surface area contributed by atoms with Gasteiger partial charge in [-0.2, -0.15) is 0 Å². The first kappa shape index (κ1) is 13.1. The Kier molecular flexibility index (Phi) is 5.17. The quantitative estimate of drug-likeness (QED) is 0.776. The maximum Gasteiger partial charge on any atom is 0.320 e. The lowest BCUT2D eigenvalue weighted by Crippen LogP contribution is -2.31. The fourth-order valence-corrected chi connectivity index (χ4v) is 1.93. The highest BCUT2D eigenvalue weighted by Gasteiger charge is 2.15. The van der Waals surface area contributed by atoms with Crippen molar-refractivity contribution in [1.82, 2.24) is 5.32 Å². The van der Waals surface area contributed by atoms with Gasteiger partial charge in [-0.1, -0.05) is 30.3 Å². The largest absolute Gasteiger partial charge is 0.460 e. The lowest BCUT2D eigenvalue weighted by atomic mass is 10.2. The number of nitrogens with one attached hydrogen (secondary N) is 1. The minimum Gasteiger partial charge on any atom is -0.460 e. The van der Waals surface area contributed by atoms with Crippen LogP contribution in [0.3, 0.4) is 0 Å². The molecule has 98 valence electrons. The van der Waals surface area contributed by atoms with Crippen LogP contribution in [-0.2, 0) is 20.9 Å². The predicted octanol–water partition coefficient (Wildman–Crippen LogP) is 1.50. The zero-order valence-corrected chi connectivity index (χ0v) is 10.4. The summed E-state index contributed by atoms with van der Waals surface area (Å²) in [7, 11) is 0. The van der Waals surface area contributed by atoms with Gasteiger partial charge >= 0.3 is 5.97 Å². The van der Waals surface area contributed by atoms with Gasteiger partial charge in [0.05, 0.1) is 12.6 Å². The first-order valence-corrected chi connectivity index (χ1v) is 6.36. The van der Waals surface area contributed by atoms with Crippen molar-refractivity contribution in [3.63, 3.8) is 0 Å². The standard InChI is InChI=1S/C14H19NO3/c16-14(10-15-9-13-7-4-8-17-13)18-11-12-5-2-1-3-6-12/h1-3,5-6,13,15H,4,7-11H2. The highest BCUT2D eigenvalue weighted by Crippen LogP contribution is 2.10. The third kappa shape index (κ3) is 4.47. The SMILES string of the molecule is O=C(CNCC1CCCO1)OCc1ccccc1. The van der Waals surface area contributed by atoms with E-state index in [1.807, 2.05) is 30.3 Å². The van der Waals surface area contributed by atoms with Gasteiger partial charge in [-0.3, -0.25) is 4.79 Å². The average Bonchev–Trinajstić information content (AvgIpc) is 2.91. The molecule has 1 N–H and O–H groups in total. The summed E-state index contributed by atoms with van der Waals surface area (Å²) in [4.78, 5) is 11.5. The summed E-state index contributed by atoms with van der Waals surface area (Å²) in [5.74, 6) is -0.225. The van der Waals surface area contributed by atoms with Gasteiger partial charge < -0.3 is 14.8 Å². The molecule has 1 atom stereocenters. The topological polar surface area (TPSA) is 47.6 Å². The van der Waals surface area contributed by atoms with E-state index in [9.17, 15) is 4.79 Å². The fraction of sp³-hybridized carbons (Fsp3) is 0.500. The van der Waals surface area contributed by atoms with Crippen molar-refractivity contribution in [2.24, 2.45) is 0 Å². The smallest absolute Gasteiger partial charge is 0.320 e. The summed E-state index contributed by atoms with van der Waals surface area (Å²) in [6.45, 7) is 2.14. The van der Waals surface area contributed by atoms with Crippen molar-refractivity contribution in [2.75, 3.05) is 19.7 Å². The summed E-state index contributed by atoms with van der Waals surface area (Å²) in [5, 5.41) is 3.06. The summed E-state index contributed by atoms with van der Waals surface area (Å²) in [6, 6.07) is 9.67. The number of hydrogen-bond acceptors (Lipinski definition) is 4. The first-order chi connectivity index (χ1) is 8.84. The zero-order chi connectivity index (χ0) is 12.6. The van der Waals surface area contributed by atoms with Crippen LogP contribution in [0.1, 0.15) is 18.4 Å². The lowest BCUT2D eigenvalue weighted by molar-refractivity contribution is -0.143. The normalized spacial score (nSPS) is 18.8. The van der Waals surface area contributed by atoms with Crippen molar-refractivity contribution in [3.05, 3.63) is 35.9 Å². The second kappa shape index (κ2) is 7.13. The molecule has 1 aliphatic rings. The molecule has 0 radical (unpaired) electrons. The van der Waals surface area contributed by atoms with Gasteiger partial charge in [0.25, 0.3) is 0 Å². The molecule has 2 rings (SSSR count). The van der Waals surface area contributed by atoms with E-state index in [1.54, 1.807) is 0 Å². The van der Waals surface area contributed by atoms with Crippen molar-refractivity contribution < 1.29 is 14.3 Å². The Morgan fingerprint density at radius 3 is 2.94 bits per heavy atom. The number of carbonyl (C=O) groups is 1. The third-order valence-electron chi connectivity index (χ3n) is 2.91. The van der Waals surface area contributed by atoms with E-state index in [-0.39, 0.29) is 18.6 Å². The predicted molar refractivity (Wildman–Crippen MR) is 68.1 cm³/mol. The summed E-state index contributed by atoms with van der Waals surface area (Å²) < 4.78 is 10.6. The number of benzene rings is 1. The molecule has 1 unspecified atom stereocenters. The molecule has 4 nitrogen and oxygen atoms in total. The van der Waals surface area contributed by atoms with Gasteiger partial charge in [0, 0.05) is 13.2 Å². The number of esters is 1. The Morgan fingerprint density at radius 2 is 2.22 bits per heavy atom. The van der Waals surface area contributed by atoms with Crippen molar-refractivity contribution >= 4 is 5.97 Å². The number of ether oxygens (including phenoxy) is 2. The molecular formula is C14H19NO3. The van der Waals surface area contributed by atoms with E-state index in [4.69, 9.17) is 9.47 Å². The molecule has 0 aromatic heterocycles. The Bertz CT molecular complexity index is 361. The minimum absolute atomic E-state index is 0.225. The molecule has 1 saturated heterocycles. The molecule has 1 heterocycles. The van der Waals surface area contributed by atoms with Crippen LogP contribution >= 0.6 is 0 Å². The minimum atomic E-state index is -0.225. The van der Waals surface area contributed by atoms with Crippen LogP contribution < -0.4 is 5.32 Å². The van der Waals surface area contributed by atoms with Gasteiger partial charge in [-0.05, 0) is 18.4 Å². The van der Waals surface area contributed by atoms with Gasteiger partial charge in [0.1, 0.15) is 6.61 Å². The Hall–Kier alpha value is -1.39. The van der Waals surface area contributed by atoms with Gasteiger partial charge in [-0.25, -0.2) is 0 Å². The average molecular weight is 249 g/mol. The Balaban J connectivity index is 1.57. The molecule has 0 saturated carbocycles. The van der Waals surface area contributed by atoms with Gasteiger partial charge in [-0.15, -0.1) is 0 Å². The van der Waals surface area contributed by atoms with E-state index in [0.717, 1.165) is 31.6 Å². The van der Waals surface area contributed by atoms with Gasteiger partial charge in [0.15, 0.2) is 0 Å². The second-order valence-electron chi connectivity index (χ2n) is 4.41. The molecule has 0 amide bonds. The van der Waals surface area contributed by atoms with E-state index < -0.39 is 0 Å². The number of hydrogen-bond donors (Lipinski definition) is 1. The number of carbonyl (C=O) groups excluding carboxylic acids is 1. The van der Waals surface area contributed by atoms with Crippen LogP contribution in [0, 0.1) is 0 Å². The van der Waals surface area contributed by atoms with E-state index >= 15 is 0 Å². The van der Waals surface area contributed by atoms with Crippen LogP contribution in [0.4, 0.5) is 0 Å². The highest BCUT2D eigenvalue weighted by molar-refractivity contribution is 5.71. The van der Waals surface area contributed by atoms with Crippen molar-refractivity contribution in [3.8, 4) is 0 Å². The third-order valence-corrected chi connectivity index (χ3v) is 2.91. The second-order valence-corrected chi connectivity index (χ2v) is 4.41. The van der Waals surface area contributed by atoms with Gasteiger partial charge in [0.2, 0.25) is 0 Å². The van der Waals surface area contributed by atoms with Crippen LogP contribution in [-0.4, -0.2) is 31.8 Å². The van der Waals surface area contributed by atoms with Crippen LogP contribution in [0.5, 0.6) is 0 Å². The molecule has 1 aromatic rings. The molecular weight excluding hydrogens is 230 g/mol. The fourth-order valence-electron chi connectivity index (χ4n) is 1.93. The van der Waals surface area contributed by atoms with Crippen LogP contribution in [0.15, 0.2) is 30.3 Å². The molecule has 0 spiro atoms. The zero-order valence-electron chi connectivity index (χ0n) is 10.4. The molecule has 1 fully saturated rings. The van der Waals surface area contributed by atoms with Crippen molar-refractivity contribution in [1.29, 1.82) is 0 Å². The molecule has 4 heteroatoms. The monoisotopic (exact) mass is 249 g/mol.